The number of rotatable bonds is 18. The molecule has 1 unspecified atom stereocenters. The summed E-state index contributed by atoms with van der Waals surface area (Å²) >= 11 is 0. The van der Waals surface area contributed by atoms with Gasteiger partial charge in [-0.1, -0.05) is 114 Å². The first-order valence-electron chi connectivity index (χ1n) is 14.9. The highest BCUT2D eigenvalue weighted by atomic mass is 16.6. The van der Waals surface area contributed by atoms with Crippen molar-refractivity contribution in [3.05, 3.63) is 83.9 Å². The molecule has 0 heterocycles. The standard InChI is InChI=1S/C35H46O4/c1-4-6-8-9-10-11-15-26-37-28(3)29-18-20-30(21-19-29)31-22-24-32(25-23-31)35(36)39-34-17-13-12-16-33(34)38-27-14-7-5-2/h12-13,16-25,28H,4-11,14-15,26-27H2,1-3H3. The van der Waals surface area contributed by atoms with Crippen molar-refractivity contribution in [3.8, 4) is 22.6 Å². The van der Waals surface area contributed by atoms with Gasteiger partial charge in [-0.25, -0.2) is 4.79 Å². The Balaban J connectivity index is 1.48. The Morgan fingerprint density at radius 2 is 1.18 bits per heavy atom. The number of esters is 1. The van der Waals surface area contributed by atoms with Crippen LogP contribution in [0.5, 0.6) is 11.5 Å². The van der Waals surface area contributed by atoms with E-state index in [1.54, 1.807) is 6.07 Å². The van der Waals surface area contributed by atoms with Crippen LogP contribution in [0.25, 0.3) is 11.1 Å². The Hall–Kier alpha value is -3.11. The molecule has 4 nitrogen and oxygen atoms in total. The van der Waals surface area contributed by atoms with E-state index in [-0.39, 0.29) is 6.10 Å². The summed E-state index contributed by atoms with van der Waals surface area (Å²) in [5.74, 6) is 0.648. The van der Waals surface area contributed by atoms with Crippen molar-refractivity contribution in [2.24, 2.45) is 0 Å². The number of ether oxygens (including phenoxy) is 3. The van der Waals surface area contributed by atoms with Crippen LogP contribution in [0.15, 0.2) is 72.8 Å². The van der Waals surface area contributed by atoms with Gasteiger partial charge in [0.05, 0.1) is 18.3 Å². The molecular formula is C35H46O4. The van der Waals surface area contributed by atoms with Gasteiger partial charge in [-0.3, -0.25) is 0 Å². The van der Waals surface area contributed by atoms with Gasteiger partial charge >= 0.3 is 5.97 Å². The van der Waals surface area contributed by atoms with E-state index in [0.717, 1.165) is 43.4 Å². The van der Waals surface area contributed by atoms with Crippen molar-refractivity contribution in [1.29, 1.82) is 0 Å². The van der Waals surface area contributed by atoms with Crippen LogP contribution in [0, 0.1) is 0 Å². The zero-order chi connectivity index (χ0) is 27.7. The predicted octanol–water partition coefficient (Wildman–Crippen LogP) is 9.97. The summed E-state index contributed by atoms with van der Waals surface area (Å²) in [6.45, 7) is 7.95. The molecule has 3 rings (SSSR count). The van der Waals surface area contributed by atoms with Gasteiger partial charge in [0, 0.05) is 6.61 Å². The summed E-state index contributed by atoms with van der Waals surface area (Å²) in [5.41, 5.74) is 3.83. The minimum atomic E-state index is -0.395. The third kappa shape index (κ3) is 10.5. The van der Waals surface area contributed by atoms with E-state index in [1.165, 1.54) is 44.1 Å². The SMILES string of the molecule is CCCCCCCCCOC(C)c1ccc(-c2ccc(C(=O)Oc3ccccc3OCCCCC)cc2)cc1. The average molecular weight is 531 g/mol. The van der Waals surface area contributed by atoms with Crippen LogP contribution in [0.4, 0.5) is 0 Å². The van der Waals surface area contributed by atoms with Crippen LogP contribution in [0.3, 0.4) is 0 Å². The summed E-state index contributed by atoms with van der Waals surface area (Å²) in [6.07, 6.45) is 12.3. The van der Waals surface area contributed by atoms with E-state index in [2.05, 4.69) is 45.0 Å². The Kier molecular flexibility index (Phi) is 13.6. The van der Waals surface area contributed by atoms with E-state index < -0.39 is 5.97 Å². The Labute approximate surface area is 235 Å². The summed E-state index contributed by atoms with van der Waals surface area (Å²) in [7, 11) is 0. The normalized spacial score (nSPS) is 11.8. The summed E-state index contributed by atoms with van der Waals surface area (Å²) in [5, 5.41) is 0. The highest BCUT2D eigenvalue weighted by Crippen LogP contribution is 2.28. The topological polar surface area (TPSA) is 44.8 Å². The number of carbonyl (C=O) groups is 1. The Morgan fingerprint density at radius 3 is 1.85 bits per heavy atom. The number of unbranched alkanes of at least 4 members (excludes halogenated alkanes) is 8. The molecule has 0 aromatic heterocycles. The monoisotopic (exact) mass is 530 g/mol. The Bertz CT molecular complexity index is 1090. The molecule has 4 heteroatoms. The third-order valence-corrected chi connectivity index (χ3v) is 7.01. The van der Waals surface area contributed by atoms with E-state index in [1.807, 2.05) is 42.5 Å². The first kappa shape index (κ1) is 30.4. The number of benzene rings is 3. The molecule has 1 atom stereocenters. The molecule has 0 N–H and O–H groups in total. The van der Waals surface area contributed by atoms with Gasteiger partial charge in [0.25, 0.3) is 0 Å². The van der Waals surface area contributed by atoms with Gasteiger partial charge in [0.1, 0.15) is 0 Å². The molecule has 210 valence electrons. The van der Waals surface area contributed by atoms with Gasteiger partial charge in [-0.15, -0.1) is 0 Å². The quantitative estimate of drug-likeness (QED) is 0.0932. The second kappa shape index (κ2) is 17.5. The molecule has 0 aliphatic heterocycles. The fourth-order valence-electron chi connectivity index (χ4n) is 4.51. The molecule has 0 saturated carbocycles. The lowest BCUT2D eigenvalue weighted by Gasteiger charge is -2.14. The van der Waals surface area contributed by atoms with Gasteiger partial charge in [-0.05, 0) is 60.7 Å². The van der Waals surface area contributed by atoms with Crippen molar-refractivity contribution >= 4 is 5.97 Å². The number of hydrogen-bond donors (Lipinski definition) is 0. The van der Waals surface area contributed by atoms with Crippen molar-refractivity contribution in [3.63, 3.8) is 0 Å². The lowest BCUT2D eigenvalue weighted by molar-refractivity contribution is 0.0627. The maximum absolute atomic E-state index is 12.8. The molecular weight excluding hydrogens is 484 g/mol. The lowest BCUT2D eigenvalue weighted by Crippen LogP contribution is -2.09. The molecule has 0 aliphatic carbocycles. The first-order valence-corrected chi connectivity index (χ1v) is 14.9. The molecule has 39 heavy (non-hydrogen) atoms. The summed E-state index contributed by atoms with van der Waals surface area (Å²) in [6, 6.07) is 23.4. The summed E-state index contributed by atoms with van der Waals surface area (Å²) in [4.78, 5) is 12.8. The van der Waals surface area contributed by atoms with Crippen LogP contribution in [0.1, 0.15) is 107 Å². The van der Waals surface area contributed by atoms with E-state index in [4.69, 9.17) is 14.2 Å². The van der Waals surface area contributed by atoms with Crippen molar-refractivity contribution < 1.29 is 19.0 Å². The molecule has 0 radical (unpaired) electrons. The fraction of sp³-hybridized carbons (Fsp3) is 0.457. The van der Waals surface area contributed by atoms with Gasteiger partial charge in [0.2, 0.25) is 0 Å². The van der Waals surface area contributed by atoms with Crippen molar-refractivity contribution in [2.75, 3.05) is 13.2 Å². The highest BCUT2D eigenvalue weighted by molar-refractivity contribution is 5.92. The smallest absolute Gasteiger partial charge is 0.343 e. The molecule has 0 saturated heterocycles. The molecule has 0 bridgehead atoms. The second-order valence-corrected chi connectivity index (χ2v) is 10.2. The second-order valence-electron chi connectivity index (χ2n) is 10.2. The van der Waals surface area contributed by atoms with Crippen LogP contribution in [-0.4, -0.2) is 19.2 Å². The minimum Gasteiger partial charge on any atom is -0.490 e. The molecule has 3 aromatic carbocycles. The van der Waals surface area contributed by atoms with Crippen LogP contribution in [-0.2, 0) is 4.74 Å². The largest absolute Gasteiger partial charge is 0.490 e. The number of carbonyl (C=O) groups excluding carboxylic acids is 1. The Morgan fingerprint density at radius 1 is 0.641 bits per heavy atom. The first-order chi connectivity index (χ1) is 19.1. The van der Waals surface area contributed by atoms with Crippen LogP contribution in [0.2, 0.25) is 0 Å². The molecule has 0 aliphatic rings. The zero-order valence-electron chi connectivity index (χ0n) is 24.1. The van der Waals surface area contributed by atoms with E-state index in [0.29, 0.717) is 23.7 Å². The third-order valence-electron chi connectivity index (χ3n) is 7.01. The van der Waals surface area contributed by atoms with Gasteiger partial charge in [0.15, 0.2) is 11.5 Å². The average Bonchev–Trinajstić information content (AvgIpc) is 2.97. The maximum atomic E-state index is 12.8. The van der Waals surface area contributed by atoms with E-state index in [9.17, 15) is 4.79 Å². The van der Waals surface area contributed by atoms with E-state index >= 15 is 0 Å². The van der Waals surface area contributed by atoms with Gasteiger partial charge < -0.3 is 14.2 Å². The van der Waals surface area contributed by atoms with Crippen LogP contribution >= 0.6 is 0 Å². The minimum absolute atomic E-state index is 0.0785. The molecule has 0 amide bonds. The predicted molar refractivity (Wildman–Crippen MR) is 161 cm³/mol. The van der Waals surface area contributed by atoms with Crippen LogP contribution < -0.4 is 9.47 Å². The maximum Gasteiger partial charge on any atom is 0.343 e. The number of hydrogen-bond acceptors (Lipinski definition) is 4. The molecule has 3 aromatic rings. The number of para-hydroxylation sites is 2. The molecule has 0 spiro atoms. The fourth-order valence-corrected chi connectivity index (χ4v) is 4.51. The highest BCUT2D eigenvalue weighted by Gasteiger charge is 2.13. The van der Waals surface area contributed by atoms with Crippen molar-refractivity contribution in [1.82, 2.24) is 0 Å². The summed E-state index contributed by atoms with van der Waals surface area (Å²) < 4.78 is 17.6. The zero-order valence-corrected chi connectivity index (χ0v) is 24.1. The lowest BCUT2D eigenvalue weighted by atomic mass is 10.0. The van der Waals surface area contributed by atoms with Gasteiger partial charge in [-0.2, -0.15) is 0 Å². The van der Waals surface area contributed by atoms with Crippen molar-refractivity contribution in [2.45, 2.75) is 91.1 Å². The molecule has 0 fully saturated rings.